The molecule has 3 aromatic heterocycles. The van der Waals surface area contributed by atoms with E-state index in [0.717, 1.165) is 11.1 Å². The Balaban J connectivity index is 1.57. The predicted octanol–water partition coefficient (Wildman–Crippen LogP) is 2.89. The van der Waals surface area contributed by atoms with Gasteiger partial charge in [-0.25, -0.2) is 0 Å². The molecule has 0 saturated heterocycles. The maximum atomic E-state index is 12.6. The summed E-state index contributed by atoms with van der Waals surface area (Å²) in [4.78, 5) is 12.6. The summed E-state index contributed by atoms with van der Waals surface area (Å²) in [5.74, 6) is 2.95. The summed E-state index contributed by atoms with van der Waals surface area (Å²) < 4.78 is 14.7. The van der Waals surface area contributed by atoms with Gasteiger partial charge in [-0.2, -0.15) is 14.3 Å². The van der Waals surface area contributed by atoms with Crippen LogP contribution in [0.1, 0.15) is 43.1 Å². The number of hydrogen-bond donors (Lipinski definition) is 1. The molecule has 4 heterocycles. The fourth-order valence-electron chi connectivity index (χ4n) is 3.97. The average Bonchev–Trinajstić information content (AvgIpc) is 3.38. The largest absolute Gasteiger partial charge is 0.490 e. The van der Waals surface area contributed by atoms with Crippen LogP contribution in [0.5, 0.6) is 11.5 Å². The minimum absolute atomic E-state index is 0.0855. The third-order valence-electron chi connectivity index (χ3n) is 5.41. The van der Waals surface area contributed by atoms with E-state index in [1.54, 1.807) is 21.5 Å². The lowest BCUT2D eigenvalue weighted by Crippen LogP contribution is -2.25. The summed E-state index contributed by atoms with van der Waals surface area (Å²) in [5, 5.41) is 20.2. The van der Waals surface area contributed by atoms with Crippen LogP contribution < -0.4 is 14.8 Å². The number of aromatic nitrogens is 6. The number of aryl methyl sites for hydroxylation is 1. The van der Waals surface area contributed by atoms with Crippen LogP contribution in [0.3, 0.4) is 0 Å². The highest BCUT2D eigenvalue weighted by Gasteiger charge is 2.31. The number of ether oxygens (including phenoxy) is 2. The summed E-state index contributed by atoms with van der Waals surface area (Å²) in [6.45, 7) is 6.76. The molecular formula is C22H23N7O3. The van der Waals surface area contributed by atoms with Crippen LogP contribution in [-0.4, -0.2) is 48.7 Å². The van der Waals surface area contributed by atoms with Crippen molar-refractivity contribution in [1.29, 1.82) is 0 Å². The van der Waals surface area contributed by atoms with Crippen LogP contribution in [0.4, 0.5) is 5.82 Å². The molecule has 10 heteroatoms. The van der Waals surface area contributed by atoms with E-state index in [1.807, 2.05) is 45.0 Å². The van der Waals surface area contributed by atoms with Crippen LogP contribution in [0.15, 0.2) is 36.5 Å². The van der Waals surface area contributed by atoms with Crippen molar-refractivity contribution in [2.45, 2.75) is 33.1 Å². The topological polar surface area (TPSA) is 108 Å². The van der Waals surface area contributed by atoms with Crippen molar-refractivity contribution in [3.63, 3.8) is 0 Å². The zero-order chi connectivity index (χ0) is 22.2. The molecule has 0 radical (unpaired) electrons. The minimum atomic E-state index is -0.164. The van der Waals surface area contributed by atoms with Gasteiger partial charge >= 0.3 is 0 Å². The zero-order valence-electron chi connectivity index (χ0n) is 18.1. The van der Waals surface area contributed by atoms with Crippen molar-refractivity contribution in [2.24, 2.45) is 0 Å². The van der Waals surface area contributed by atoms with Gasteiger partial charge in [0.05, 0.1) is 19.4 Å². The van der Waals surface area contributed by atoms with Gasteiger partial charge in [-0.05, 0) is 50.6 Å². The van der Waals surface area contributed by atoms with Gasteiger partial charge in [0.15, 0.2) is 28.8 Å². The first-order chi connectivity index (χ1) is 15.6. The third-order valence-corrected chi connectivity index (χ3v) is 5.41. The third kappa shape index (κ3) is 3.33. The van der Waals surface area contributed by atoms with Crippen molar-refractivity contribution in [1.82, 2.24) is 29.6 Å². The molecule has 1 N–H and O–H groups in total. The van der Waals surface area contributed by atoms with Crippen molar-refractivity contribution >= 4 is 17.4 Å². The Labute approximate surface area is 184 Å². The molecule has 5 rings (SSSR count). The first-order valence-corrected chi connectivity index (χ1v) is 10.6. The first kappa shape index (κ1) is 20.0. The van der Waals surface area contributed by atoms with E-state index >= 15 is 0 Å². The SMILES string of the molecule is CCOc1ccc(C2CC(=O)Nc3c2cnn3-c2ccc3nnc(C)n3n2)cc1OCC. The molecule has 1 aliphatic heterocycles. The van der Waals surface area contributed by atoms with Crippen LogP contribution in [0, 0.1) is 6.92 Å². The summed E-state index contributed by atoms with van der Waals surface area (Å²) in [5.41, 5.74) is 2.52. The fourth-order valence-corrected chi connectivity index (χ4v) is 3.97. The summed E-state index contributed by atoms with van der Waals surface area (Å²) in [6, 6.07) is 9.44. The standard InChI is InChI=1S/C22H23N7O3/c1-4-31-17-7-6-14(10-18(17)32-5-2)15-11-21(30)24-22-16(15)12-23-29(22)20-9-8-19-26-25-13(3)28(19)27-20/h6-10,12,15H,4-5,11H2,1-3H3,(H,24,30). The van der Waals surface area contributed by atoms with E-state index in [0.29, 0.717) is 54.2 Å². The molecule has 0 aliphatic carbocycles. The maximum Gasteiger partial charge on any atom is 0.226 e. The molecule has 32 heavy (non-hydrogen) atoms. The van der Waals surface area contributed by atoms with Gasteiger partial charge in [0, 0.05) is 17.9 Å². The lowest BCUT2D eigenvalue weighted by Gasteiger charge is -2.24. The second kappa shape index (κ2) is 7.95. The van der Waals surface area contributed by atoms with E-state index < -0.39 is 0 Å². The molecule has 0 bridgehead atoms. The fraction of sp³-hybridized carbons (Fsp3) is 0.318. The number of amides is 1. The van der Waals surface area contributed by atoms with Crippen LogP contribution in [-0.2, 0) is 4.79 Å². The second-order valence-electron chi connectivity index (χ2n) is 7.45. The van der Waals surface area contributed by atoms with Crippen LogP contribution in [0.2, 0.25) is 0 Å². The highest BCUT2D eigenvalue weighted by atomic mass is 16.5. The molecule has 1 aliphatic rings. The van der Waals surface area contributed by atoms with Crippen molar-refractivity contribution in [3.8, 4) is 17.3 Å². The van der Waals surface area contributed by atoms with E-state index in [1.165, 1.54) is 0 Å². The number of carbonyl (C=O) groups is 1. The monoisotopic (exact) mass is 433 g/mol. The lowest BCUT2D eigenvalue weighted by molar-refractivity contribution is -0.116. The molecular weight excluding hydrogens is 410 g/mol. The molecule has 0 spiro atoms. The van der Waals surface area contributed by atoms with Gasteiger partial charge in [-0.15, -0.1) is 15.3 Å². The first-order valence-electron chi connectivity index (χ1n) is 10.6. The van der Waals surface area contributed by atoms with E-state index in [4.69, 9.17) is 9.47 Å². The smallest absolute Gasteiger partial charge is 0.226 e. The Morgan fingerprint density at radius 1 is 1.09 bits per heavy atom. The molecule has 1 unspecified atom stereocenters. The molecule has 10 nitrogen and oxygen atoms in total. The van der Waals surface area contributed by atoms with Gasteiger partial charge in [-0.3, -0.25) is 4.79 Å². The second-order valence-corrected chi connectivity index (χ2v) is 7.45. The number of nitrogens with one attached hydrogen (secondary N) is 1. The Hall–Kier alpha value is -3.95. The predicted molar refractivity (Wildman–Crippen MR) is 117 cm³/mol. The number of anilines is 1. The molecule has 1 atom stereocenters. The van der Waals surface area contributed by atoms with Gasteiger partial charge in [0.25, 0.3) is 0 Å². The Bertz CT molecular complexity index is 1310. The molecule has 0 saturated carbocycles. The molecule has 0 fully saturated rings. The van der Waals surface area contributed by atoms with E-state index in [-0.39, 0.29) is 11.8 Å². The Morgan fingerprint density at radius 3 is 2.72 bits per heavy atom. The number of carbonyl (C=O) groups excluding carboxylic acids is 1. The quantitative estimate of drug-likeness (QED) is 0.498. The Kier molecular flexibility index (Phi) is 4.96. The summed E-state index contributed by atoms with van der Waals surface area (Å²) >= 11 is 0. The summed E-state index contributed by atoms with van der Waals surface area (Å²) in [7, 11) is 0. The lowest BCUT2D eigenvalue weighted by atomic mass is 9.87. The van der Waals surface area contributed by atoms with Gasteiger partial charge in [0.1, 0.15) is 5.82 Å². The highest BCUT2D eigenvalue weighted by molar-refractivity contribution is 5.94. The number of hydrogen-bond acceptors (Lipinski definition) is 7. The number of rotatable bonds is 6. The zero-order valence-corrected chi connectivity index (χ0v) is 18.1. The van der Waals surface area contributed by atoms with Gasteiger partial charge in [0.2, 0.25) is 5.91 Å². The summed E-state index contributed by atoms with van der Waals surface area (Å²) in [6.07, 6.45) is 2.09. The van der Waals surface area contributed by atoms with E-state index in [2.05, 4.69) is 25.7 Å². The average molecular weight is 433 g/mol. The number of fused-ring (bicyclic) bond motifs is 2. The number of benzene rings is 1. The molecule has 1 amide bonds. The van der Waals surface area contributed by atoms with Gasteiger partial charge in [-0.1, -0.05) is 6.07 Å². The van der Waals surface area contributed by atoms with Crippen molar-refractivity contribution < 1.29 is 14.3 Å². The number of nitrogens with zero attached hydrogens (tertiary/aromatic N) is 6. The van der Waals surface area contributed by atoms with Gasteiger partial charge < -0.3 is 14.8 Å². The molecule has 164 valence electrons. The maximum absolute atomic E-state index is 12.6. The van der Waals surface area contributed by atoms with Crippen molar-refractivity contribution in [2.75, 3.05) is 18.5 Å². The normalized spacial score (nSPS) is 15.5. The Morgan fingerprint density at radius 2 is 1.91 bits per heavy atom. The highest BCUT2D eigenvalue weighted by Crippen LogP contribution is 2.40. The molecule has 1 aromatic carbocycles. The minimum Gasteiger partial charge on any atom is -0.490 e. The van der Waals surface area contributed by atoms with E-state index in [9.17, 15) is 4.79 Å². The van der Waals surface area contributed by atoms with Crippen LogP contribution in [0.25, 0.3) is 11.5 Å². The van der Waals surface area contributed by atoms with Crippen molar-refractivity contribution in [3.05, 3.63) is 53.5 Å². The van der Waals surface area contributed by atoms with Crippen LogP contribution >= 0.6 is 0 Å². The molecule has 4 aromatic rings.